The number of ether oxygens (including phenoxy) is 1. The average molecular weight is 401 g/mol. The summed E-state index contributed by atoms with van der Waals surface area (Å²) in [6.45, 7) is 4.85. The van der Waals surface area contributed by atoms with E-state index in [1.807, 2.05) is 19.9 Å². The van der Waals surface area contributed by atoms with Gasteiger partial charge in [0.1, 0.15) is 0 Å². The molecule has 158 valence electrons. The summed E-state index contributed by atoms with van der Waals surface area (Å²) in [5.74, 6) is -0.688. The second-order valence-corrected chi connectivity index (χ2v) is 8.90. The number of likely N-dealkylation sites (tertiary alicyclic amines) is 1. The molecule has 2 fully saturated rings. The van der Waals surface area contributed by atoms with Gasteiger partial charge in [0, 0.05) is 31.0 Å². The van der Waals surface area contributed by atoms with Crippen molar-refractivity contribution in [3.63, 3.8) is 0 Å². The van der Waals surface area contributed by atoms with Gasteiger partial charge < -0.3 is 15.0 Å². The highest BCUT2D eigenvalue weighted by Crippen LogP contribution is 2.29. The van der Waals surface area contributed by atoms with E-state index >= 15 is 0 Å². The third-order valence-corrected chi connectivity index (χ3v) is 5.90. The Morgan fingerprint density at radius 3 is 2.45 bits per heavy atom. The molecule has 1 saturated heterocycles. The molecule has 1 N–H and O–H groups in total. The predicted molar refractivity (Wildman–Crippen MR) is 110 cm³/mol. The van der Waals surface area contributed by atoms with E-state index in [0.29, 0.717) is 25.1 Å². The maximum atomic E-state index is 13.2. The van der Waals surface area contributed by atoms with Crippen molar-refractivity contribution < 1.29 is 19.1 Å². The van der Waals surface area contributed by atoms with E-state index in [-0.39, 0.29) is 17.9 Å². The molecule has 1 heterocycles. The molecule has 1 saturated carbocycles. The molecule has 1 aromatic carbocycles. The average Bonchev–Trinajstić information content (AvgIpc) is 3.11. The van der Waals surface area contributed by atoms with Crippen molar-refractivity contribution in [3.05, 3.63) is 35.9 Å². The quantitative estimate of drug-likeness (QED) is 0.713. The van der Waals surface area contributed by atoms with Gasteiger partial charge in [-0.3, -0.25) is 9.59 Å². The first kappa shape index (κ1) is 21.3. The fourth-order valence-corrected chi connectivity index (χ4v) is 4.29. The summed E-state index contributed by atoms with van der Waals surface area (Å²) >= 11 is 0. The molecule has 0 aromatic heterocycles. The molecule has 0 bridgehead atoms. The minimum atomic E-state index is -0.967. The molecule has 1 aliphatic heterocycles. The summed E-state index contributed by atoms with van der Waals surface area (Å²) in [5, 5.41) is 3.10. The van der Waals surface area contributed by atoms with Crippen molar-refractivity contribution in [1.29, 1.82) is 0 Å². The lowest BCUT2D eigenvalue weighted by Gasteiger charge is -2.37. The molecule has 6 nitrogen and oxygen atoms in total. The van der Waals surface area contributed by atoms with Crippen LogP contribution in [0.4, 0.5) is 0 Å². The lowest BCUT2D eigenvalue weighted by atomic mass is 9.84. The monoisotopic (exact) mass is 400 g/mol. The number of nitrogens with zero attached hydrogens (tertiary/aromatic N) is 1. The number of esters is 1. The SMILES string of the molecule is CC(C)(CN1CCCC1=O)C(OC(=O)c1ccccc1)C(=O)NC1CCCCC1. The van der Waals surface area contributed by atoms with Crippen molar-refractivity contribution >= 4 is 17.8 Å². The lowest BCUT2D eigenvalue weighted by molar-refractivity contribution is -0.141. The summed E-state index contributed by atoms with van der Waals surface area (Å²) in [6, 6.07) is 8.83. The molecule has 1 unspecified atom stereocenters. The second kappa shape index (κ2) is 9.42. The van der Waals surface area contributed by atoms with Crippen LogP contribution in [-0.2, 0) is 14.3 Å². The first-order chi connectivity index (χ1) is 13.9. The Hall–Kier alpha value is -2.37. The van der Waals surface area contributed by atoms with Crippen LogP contribution in [0.1, 0.15) is 69.2 Å². The molecular formula is C23H32N2O4. The van der Waals surface area contributed by atoms with Gasteiger partial charge in [-0.15, -0.1) is 0 Å². The normalized spacial score (nSPS) is 19.1. The van der Waals surface area contributed by atoms with E-state index in [9.17, 15) is 14.4 Å². The zero-order valence-corrected chi connectivity index (χ0v) is 17.5. The van der Waals surface area contributed by atoms with Gasteiger partial charge in [-0.25, -0.2) is 4.79 Å². The Kier molecular flexibility index (Phi) is 6.93. The van der Waals surface area contributed by atoms with Crippen molar-refractivity contribution in [1.82, 2.24) is 10.2 Å². The van der Waals surface area contributed by atoms with E-state index in [1.165, 1.54) is 6.42 Å². The van der Waals surface area contributed by atoms with Gasteiger partial charge in [0.2, 0.25) is 5.91 Å². The number of hydrogen-bond donors (Lipinski definition) is 1. The van der Waals surface area contributed by atoms with Crippen LogP contribution in [-0.4, -0.2) is 47.9 Å². The van der Waals surface area contributed by atoms with Crippen molar-refractivity contribution in [3.8, 4) is 0 Å². The van der Waals surface area contributed by atoms with Crippen molar-refractivity contribution in [2.24, 2.45) is 5.41 Å². The third-order valence-electron chi connectivity index (χ3n) is 5.90. The highest BCUT2D eigenvalue weighted by Gasteiger charge is 2.42. The van der Waals surface area contributed by atoms with Crippen LogP contribution in [0, 0.1) is 5.41 Å². The number of amides is 2. The number of carbonyl (C=O) groups is 3. The number of benzene rings is 1. The molecule has 0 radical (unpaired) electrons. The van der Waals surface area contributed by atoms with E-state index in [1.54, 1.807) is 29.2 Å². The maximum absolute atomic E-state index is 13.2. The molecule has 2 aliphatic rings. The Morgan fingerprint density at radius 1 is 1.14 bits per heavy atom. The summed E-state index contributed by atoms with van der Waals surface area (Å²) in [4.78, 5) is 39.8. The molecule has 1 aliphatic carbocycles. The maximum Gasteiger partial charge on any atom is 0.338 e. The smallest absolute Gasteiger partial charge is 0.338 e. The van der Waals surface area contributed by atoms with Crippen molar-refractivity contribution in [2.75, 3.05) is 13.1 Å². The number of rotatable bonds is 7. The fraction of sp³-hybridized carbons (Fsp3) is 0.609. The lowest BCUT2D eigenvalue weighted by Crippen LogP contribution is -2.53. The third kappa shape index (κ3) is 5.58. The summed E-state index contributed by atoms with van der Waals surface area (Å²) in [6.07, 6.45) is 5.71. The van der Waals surface area contributed by atoms with Gasteiger partial charge in [0.25, 0.3) is 5.91 Å². The van der Waals surface area contributed by atoms with Gasteiger partial charge in [-0.1, -0.05) is 51.3 Å². The summed E-state index contributed by atoms with van der Waals surface area (Å²) in [5.41, 5.74) is -0.292. The van der Waals surface area contributed by atoms with Gasteiger partial charge in [0.05, 0.1) is 5.56 Å². The number of carbonyl (C=O) groups excluding carboxylic acids is 3. The van der Waals surface area contributed by atoms with Crippen LogP contribution in [0.3, 0.4) is 0 Å². The largest absolute Gasteiger partial charge is 0.448 e. The second-order valence-electron chi connectivity index (χ2n) is 8.90. The first-order valence-electron chi connectivity index (χ1n) is 10.7. The van der Waals surface area contributed by atoms with E-state index < -0.39 is 17.5 Å². The molecule has 2 amide bonds. The number of hydrogen-bond acceptors (Lipinski definition) is 4. The molecule has 3 rings (SSSR count). The fourth-order valence-electron chi connectivity index (χ4n) is 4.29. The van der Waals surface area contributed by atoms with Crippen molar-refractivity contribution in [2.45, 2.75) is 70.9 Å². The Labute approximate surface area is 173 Å². The van der Waals surface area contributed by atoms with Gasteiger partial charge >= 0.3 is 5.97 Å². The Morgan fingerprint density at radius 2 is 1.83 bits per heavy atom. The van der Waals surface area contributed by atoms with Crippen LogP contribution >= 0.6 is 0 Å². The van der Waals surface area contributed by atoms with Gasteiger partial charge in [-0.05, 0) is 31.4 Å². The van der Waals surface area contributed by atoms with E-state index in [2.05, 4.69) is 5.32 Å². The molecule has 1 aromatic rings. The Balaban J connectivity index is 1.76. The number of nitrogens with one attached hydrogen (secondary N) is 1. The molecular weight excluding hydrogens is 368 g/mol. The van der Waals surface area contributed by atoms with Gasteiger partial charge in [-0.2, -0.15) is 0 Å². The van der Waals surface area contributed by atoms with E-state index in [4.69, 9.17) is 4.74 Å². The Bertz CT molecular complexity index is 726. The summed E-state index contributed by atoms with van der Waals surface area (Å²) in [7, 11) is 0. The minimum absolute atomic E-state index is 0.0962. The summed E-state index contributed by atoms with van der Waals surface area (Å²) < 4.78 is 5.76. The first-order valence-corrected chi connectivity index (χ1v) is 10.7. The van der Waals surface area contributed by atoms with Crippen LogP contribution in [0.15, 0.2) is 30.3 Å². The molecule has 0 spiro atoms. The zero-order valence-electron chi connectivity index (χ0n) is 17.5. The molecule has 6 heteroatoms. The zero-order chi connectivity index (χ0) is 20.9. The van der Waals surface area contributed by atoms with Crippen LogP contribution < -0.4 is 5.32 Å². The standard InChI is InChI=1S/C23H32N2O4/c1-23(2,16-25-15-9-14-19(25)26)20(21(27)24-18-12-7-4-8-13-18)29-22(28)17-10-5-3-6-11-17/h3,5-6,10-11,18,20H,4,7-9,12-16H2,1-2H3,(H,24,27). The highest BCUT2D eigenvalue weighted by molar-refractivity contribution is 5.92. The minimum Gasteiger partial charge on any atom is -0.448 e. The highest BCUT2D eigenvalue weighted by atomic mass is 16.5. The topological polar surface area (TPSA) is 75.7 Å². The van der Waals surface area contributed by atoms with Crippen LogP contribution in [0.5, 0.6) is 0 Å². The predicted octanol–water partition coefficient (Wildman–Crippen LogP) is 3.31. The molecule has 29 heavy (non-hydrogen) atoms. The van der Waals surface area contributed by atoms with E-state index in [0.717, 1.165) is 32.1 Å². The van der Waals surface area contributed by atoms with Crippen LogP contribution in [0.2, 0.25) is 0 Å². The van der Waals surface area contributed by atoms with Crippen LogP contribution in [0.25, 0.3) is 0 Å². The molecule has 1 atom stereocenters. The van der Waals surface area contributed by atoms with Gasteiger partial charge in [0.15, 0.2) is 6.10 Å².